The molecule has 0 aliphatic heterocycles. The highest BCUT2D eigenvalue weighted by Gasteiger charge is 2.39. The maximum Gasteiger partial charge on any atom is 0.357 e. The molecule has 0 aromatic carbocycles. The molecule has 0 heterocycles. The summed E-state index contributed by atoms with van der Waals surface area (Å²) in [7, 11) is 0. The number of hydrogen-bond acceptors (Lipinski definition) is 1. The molecule has 0 aliphatic carbocycles. The molecule has 0 saturated carbocycles. The van der Waals surface area contributed by atoms with Crippen LogP contribution < -0.4 is 5.32 Å². The lowest BCUT2D eigenvalue weighted by Crippen LogP contribution is -2.51. The molecule has 0 unspecified atom stereocenters. The van der Waals surface area contributed by atoms with Gasteiger partial charge >= 0.3 is 12.1 Å². The highest BCUT2D eigenvalue weighted by atomic mass is 19.3. The quantitative estimate of drug-likeness (QED) is 0.684. The normalized spacial score (nSPS) is 11.2. The molecule has 0 fully saturated rings. The number of alkyl halides is 3. The molecule has 2 amide bonds. The molecule has 0 spiro atoms. The van der Waals surface area contributed by atoms with Crippen LogP contribution in [0.3, 0.4) is 0 Å². The van der Waals surface area contributed by atoms with Gasteiger partial charge in [-0.1, -0.05) is 0 Å². The Balaban J connectivity index is 4.40. The van der Waals surface area contributed by atoms with Crippen molar-refractivity contribution < 1.29 is 18.0 Å². The Morgan fingerprint density at radius 1 is 1.46 bits per heavy atom. The number of hydrogen-bond donors (Lipinski definition) is 1. The summed E-state index contributed by atoms with van der Waals surface area (Å²) in [6.45, 7) is 1.09. The van der Waals surface area contributed by atoms with Gasteiger partial charge in [-0.2, -0.15) is 8.78 Å². The second-order valence-electron chi connectivity index (χ2n) is 2.38. The number of carbonyl (C=O) groups is 1. The van der Waals surface area contributed by atoms with Gasteiger partial charge in [-0.15, -0.1) is 0 Å². The van der Waals surface area contributed by atoms with Gasteiger partial charge in [-0.3, -0.25) is 4.90 Å². The van der Waals surface area contributed by atoms with E-state index in [9.17, 15) is 18.0 Å². The summed E-state index contributed by atoms with van der Waals surface area (Å²) in [6.07, 6.45) is 0. The number of rotatable bonds is 4. The standard InChI is InChI=1S/C7H13F3N2O/c1-3-11-6(13)12(4-2)7(9,10)5-8/h3-5H2,1-2H3,(H,11,13). The Morgan fingerprint density at radius 3 is 2.31 bits per heavy atom. The van der Waals surface area contributed by atoms with E-state index in [1.807, 2.05) is 0 Å². The first-order chi connectivity index (χ1) is 5.99. The number of urea groups is 1. The molecule has 78 valence electrons. The van der Waals surface area contributed by atoms with Crippen molar-refractivity contribution in [3.8, 4) is 0 Å². The second kappa shape index (κ2) is 4.94. The molecule has 6 heteroatoms. The van der Waals surface area contributed by atoms with E-state index in [1.165, 1.54) is 6.92 Å². The maximum atomic E-state index is 12.7. The van der Waals surface area contributed by atoms with Crippen molar-refractivity contribution in [2.24, 2.45) is 0 Å². The van der Waals surface area contributed by atoms with Gasteiger partial charge in [0.15, 0.2) is 6.67 Å². The first-order valence-corrected chi connectivity index (χ1v) is 3.98. The van der Waals surface area contributed by atoms with Crippen LogP contribution in [0.1, 0.15) is 13.8 Å². The Bertz CT molecular complexity index is 175. The lowest BCUT2D eigenvalue weighted by atomic mass is 10.4. The summed E-state index contributed by atoms with van der Waals surface area (Å²) in [5.74, 6) is 0. The van der Waals surface area contributed by atoms with Crippen LogP contribution in [-0.2, 0) is 0 Å². The average Bonchev–Trinajstić information content (AvgIpc) is 2.05. The fourth-order valence-corrected chi connectivity index (χ4v) is 0.842. The highest BCUT2D eigenvalue weighted by Crippen LogP contribution is 2.19. The Kier molecular flexibility index (Phi) is 4.58. The van der Waals surface area contributed by atoms with Crippen molar-refractivity contribution in [2.75, 3.05) is 19.8 Å². The van der Waals surface area contributed by atoms with E-state index in [-0.39, 0.29) is 18.0 Å². The van der Waals surface area contributed by atoms with E-state index in [1.54, 1.807) is 6.92 Å². The van der Waals surface area contributed by atoms with Crippen molar-refractivity contribution >= 4 is 6.03 Å². The fourth-order valence-electron chi connectivity index (χ4n) is 0.842. The van der Waals surface area contributed by atoms with Gasteiger partial charge in [0.2, 0.25) is 0 Å². The van der Waals surface area contributed by atoms with E-state index in [4.69, 9.17) is 0 Å². The summed E-state index contributed by atoms with van der Waals surface area (Å²) >= 11 is 0. The van der Waals surface area contributed by atoms with Crippen LogP contribution in [0.5, 0.6) is 0 Å². The third kappa shape index (κ3) is 3.12. The van der Waals surface area contributed by atoms with Crippen LogP contribution in [0.15, 0.2) is 0 Å². The number of halogens is 3. The molecule has 3 nitrogen and oxygen atoms in total. The molecule has 0 bridgehead atoms. The zero-order valence-corrected chi connectivity index (χ0v) is 7.61. The van der Waals surface area contributed by atoms with Crippen LogP contribution in [0.25, 0.3) is 0 Å². The van der Waals surface area contributed by atoms with Gasteiger partial charge in [-0.25, -0.2) is 9.18 Å². The van der Waals surface area contributed by atoms with Gasteiger partial charge in [0, 0.05) is 13.1 Å². The van der Waals surface area contributed by atoms with Crippen LogP contribution in [0.4, 0.5) is 18.0 Å². The van der Waals surface area contributed by atoms with Crippen LogP contribution >= 0.6 is 0 Å². The predicted molar refractivity (Wildman–Crippen MR) is 42.4 cm³/mol. The summed E-state index contributed by atoms with van der Waals surface area (Å²) < 4.78 is 37.2. The topological polar surface area (TPSA) is 32.3 Å². The van der Waals surface area contributed by atoms with Crippen molar-refractivity contribution in [3.05, 3.63) is 0 Å². The van der Waals surface area contributed by atoms with Gasteiger partial charge in [0.1, 0.15) is 0 Å². The van der Waals surface area contributed by atoms with E-state index in [0.717, 1.165) is 0 Å². The zero-order chi connectivity index (χ0) is 10.5. The number of nitrogens with zero attached hydrogens (tertiary/aromatic N) is 1. The average molecular weight is 198 g/mol. The summed E-state index contributed by atoms with van der Waals surface area (Å²) in [6, 6.07) is -4.67. The van der Waals surface area contributed by atoms with E-state index in [2.05, 4.69) is 5.32 Å². The molecular formula is C7H13F3N2O. The second-order valence-corrected chi connectivity index (χ2v) is 2.38. The molecule has 0 radical (unpaired) electrons. The largest absolute Gasteiger partial charge is 0.357 e. The minimum absolute atomic E-state index is 0.163. The molecule has 0 saturated heterocycles. The number of amides is 2. The molecule has 0 aromatic rings. The summed E-state index contributed by atoms with van der Waals surface area (Å²) in [5.41, 5.74) is 0. The maximum absolute atomic E-state index is 12.7. The third-order valence-corrected chi connectivity index (χ3v) is 1.45. The monoisotopic (exact) mass is 198 g/mol. The van der Waals surface area contributed by atoms with E-state index < -0.39 is 18.8 Å². The minimum atomic E-state index is -3.71. The third-order valence-electron chi connectivity index (χ3n) is 1.45. The molecule has 0 aliphatic rings. The Morgan fingerprint density at radius 2 is 2.00 bits per heavy atom. The number of carbonyl (C=O) groups excluding carboxylic acids is 1. The highest BCUT2D eigenvalue weighted by molar-refractivity contribution is 5.74. The smallest absolute Gasteiger partial charge is 0.338 e. The molecule has 0 rings (SSSR count). The molecule has 13 heavy (non-hydrogen) atoms. The lowest BCUT2D eigenvalue weighted by Gasteiger charge is -2.27. The van der Waals surface area contributed by atoms with Crippen molar-refractivity contribution in [1.82, 2.24) is 10.2 Å². The van der Waals surface area contributed by atoms with Crippen molar-refractivity contribution in [3.63, 3.8) is 0 Å². The van der Waals surface area contributed by atoms with Gasteiger partial charge < -0.3 is 5.32 Å². The van der Waals surface area contributed by atoms with E-state index in [0.29, 0.717) is 0 Å². The van der Waals surface area contributed by atoms with Crippen molar-refractivity contribution in [2.45, 2.75) is 19.9 Å². The van der Waals surface area contributed by atoms with Gasteiger partial charge in [0.25, 0.3) is 0 Å². The van der Waals surface area contributed by atoms with Gasteiger partial charge in [-0.05, 0) is 13.8 Å². The van der Waals surface area contributed by atoms with Crippen LogP contribution in [0, 0.1) is 0 Å². The van der Waals surface area contributed by atoms with Crippen LogP contribution in [-0.4, -0.2) is 36.7 Å². The Hall–Kier alpha value is -0.940. The molecule has 0 atom stereocenters. The first kappa shape index (κ1) is 12.1. The SMILES string of the molecule is CCNC(=O)N(CC)C(F)(F)CF. The molecule has 0 aromatic heterocycles. The van der Waals surface area contributed by atoms with Crippen molar-refractivity contribution in [1.29, 1.82) is 0 Å². The fraction of sp³-hybridized carbons (Fsp3) is 0.857. The predicted octanol–water partition coefficient (Wildman–Crippen LogP) is 1.60. The molecular weight excluding hydrogens is 185 g/mol. The summed E-state index contributed by atoms with van der Waals surface area (Å²) in [5, 5.41) is 2.18. The first-order valence-electron chi connectivity index (χ1n) is 3.98. The summed E-state index contributed by atoms with van der Waals surface area (Å²) in [4.78, 5) is 11.1. The van der Waals surface area contributed by atoms with Gasteiger partial charge in [0.05, 0.1) is 0 Å². The Labute approximate surface area is 74.9 Å². The van der Waals surface area contributed by atoms with E-state index >= 15 is 0 Å². The minimum Gasteiger partial charge on any atom is -0.338 e. The zero-order valence-electron chi connectivity index (χ0n) is 7.61. The molecule has 1 N–H and O–H groups in total. The van der Waals surface area contributed by atoms with Crippen LogP contribution in [0.2, 0.25) is 0 Å². The number of nitrogens with one attached hydrogen (secondary N) is 1. The lowest BCUT2D eigenvalue weighted by molar-refractivity contribution is -0.131.